The Bertz CT molecular complexity index is 1340. The van der Waals surface area contributed by atoms with Crippen molar-refractivity contribution in [3.05, 3.63) is 34.4 Å². The summed E-state index contributed by atoms with van der Waals surface area (Å²) in [5.41, 5.74) is 3.14. The first-order valence-corrected chi connectivity index (χ1v) is 17.2. The van der Waals surface area contributed by atoms with Gasteiger partial charge in [0.2, 0.25) is 15.9 Å². The zero-order valence-corrected chi connectivity index (χ0v) is 26.0. The minimum Gasteiger partial charge on any atom is -0.338 e. The number of nitrogens with one attached hydrogen (secondary N) is 1. The Labute approximate surface area is 252 Å². The van der Waals surface area contributed by atoms with E-state index in [4.69, 9.17) is 4.99 Å². The van der Waals surface area contributed by atoms with Gasteiger partial charge < -0.3 is 10.2 Å². The van der Waals surface area contributed by atoms with E-state index in [1.54, 1.807) is 0 Å². The molecule has 12 heteroatoms. The summed E-state index contributed by atoms with van der Waals surface area (Å²) in [5, 5.41) is 2.94. The van der Waals surface area contributed by atoms with Crippen molar-refractivity contribution < 1.29 is 31.2 Å². The molecule has 2 saturated heterocycles. The number of piperidine rings is 1. The second-order valence-electron chi connectivity index (χ2n) is 12.9. The summed E-state index contributed by atoms with van der Waals surface area (Å²) in [4.78, 5) is 31.7. The van der Waals surface area contributed by atoms with Gasteiger partial charge in [-0.3, -0.25) is 14.6 Å². The summed E-state index contributed by atoms with van der Waals surface area (Å²) < 4.78 is 65.9. The highest BCUT2D eigenvalue weighted by molar-refractivity contribution is 7.89. The number of likely N-dealkylation sites (tertiary alicyclic amines) is 1. The molecule has 0 bridgehead atoms. The number of aryl methyl sites for hydroxylation is 2. The molecule has 1 saturated carbocycles. The van der Waals surface area contributed by atoms with E-state index < -0.39 is 28.2 Å². The molecule has 0 atom stereocenters. The second-order valence-corrected chi connectivity index (χ2v) is 15.0. The van der Waals surface area contributed by atoms with Crippen molar-refractivity contribution in [1.82, 2.24) is 14.5 Å². The Balaban J connectivity index is 1.14. The van der Waals surface area contributed by atoms with Crippen molar-refractivity contribution in [3.8, 4) is 0 Å². The molecule has 0 radical (unpaired) electrons. The lowest BCUT2D eigenvalue weighted by molar-refractivity contribution is -0.138. The molecular weight excluding hydrogens is 581 g/mol. The maximum atomic E-state index is 13.3. The molecule has 2 amide bonds. The van der Waals surface area contributed by atoms with Gasteiger partial charge >= 0.3 is 6.18 Å². The fourth-order valence-corrected chi connectivity index (χ4v) is 8.78. The van der Waals surface area contributed by atoms with Gasteiger partial charge in [0.15, 0.2) is 0 Å². The van der Waals surface area contributed by atoms with Crippen molar-refractivity contribution in [3.63, 3.8) is 0 Å². The lowest BCUT2D eigenvalue weighted by Crippen LogP contribution is -2.51. The van der Waals surface area contributed by atoms with Crippen LogP contribution in [0.15, 0.2) is 17.1 Å². The van der Waals surface area contributed by atoms with Crippen molar-refractivity contribution >= 4 is 27.7 Å². The maximum Gasteiger partial charge on any atom is 0.389 e. The number of sulfonamides is 1. The average molecular weight is 625 g/mol. The lowest BCUT2D eigenvalue weighted by atomic mass is 9.79. The number of halogens is 3. The molecule has 3 aliphatic heterocycles. The molecule has 8 nitrogen and oxygen atoms in total. The Hall–Kier alpha value is -2.47. The van der Waals surface area contributed by atoms with E-state index >= 15 is 0 Å². The maximum absolute atomic E-state index is 13.3. The Morgan fingerprint density at radius 3 is 2.26 bits per heavy atom. The Kier molecular flexibility index (Phi) is 9.28. The van der Waals surface area contributed by atoms with Crippen molar-refractivity contribution in [2.45, 2.75) is 103 Å². The number of amidine groups is 1. The minimum absolute atomic E-state index is 0.0239. The predicted molar refractivity (Wildman–Crippen MR) is 158 cm³/mol. The monoisotopic (exact) mass is 624 g/mol. The fourth-order valence-electron chi connectivity index (χ4n) is 7.32. The third kappa shape index (κ3) is 7.44. The molecule has 1 N–H and O–H groups in total. The fraction of sp³-hybridized carbons (Fsp3) is 0.710. The van der Waals surface area contributed by atoms with Crippen LogP contribution >= 0.6 is 0 Å². The molecule has 5 rings (SSSR count). The van der Waals surface area contributed by atoms with Gasteiger partial charge in [0, 0.05) is 44.9 Å². The number of amides is 2. The summed E-state index contributed by atoms with van der Waals surface area (Å²) in [7, 11) is -3.55. The van der Waals surface area contributed by atoms with Crippen LogP contribution in [0.5, 0.6) is 0 Å². The van der Waals surface area contributed by atoms with E-state index in [0.29, 0.717) is 63.7 Å². The highest BCUT2D eigenvalue weighted by atomic mass is 32.2. The first kappa shape index (κ1) is 31.9. The van der Waals surface area contributed by atoms with E-state index in [9.17, 15) is 31.2 Å². The zero-order chi connectivity index (χ0) is 31.0. The summed E-state index contributed by atoms with van der Waals surface area (Å²) >= 11 is 0. The molecule has 1 aromatic rings. The van der Waals surface area contributed by atoms with Crippen molar-refractivity contribution in [2.75, 3.05) is 25.4 Å². The molecule has 1 aliphatic carbocycles. The van der Waals surface area contributed by atoms with E-state index in [-0.39, 0.29) is 48.9 Å². The van der Waals surface area contributed by atoms with E-state index in [1.165, 1.54) is 4.31 Å². The molecule has 0 aromatic heterocycles. The first-order valence-electron chi connectivity index (χ1n) is 15.6. The smallest absolute Gasteiger partial charge is 0.338 e. The van der Waals surface area contributed by atoms with Gasteiger partial charge in [-0.25, -0.2) is 12.7 Å². The minimum atomic E-state index is -4.13. The molecular formula is C31H43F3N4O4S. The van der Waals surface area contributed by atoms with Gasteiger partial charge in [0.05, 0.1) is 5.75 Å². The number of hydrogen-bond donors (Lipinski definition) is 1. The van der Waals surface area contributed by atoms with Crippen molar-refractivity contribution in [2.24, 2.45) is 16.8 Å². The number of carbonyl (C=O) groups excluding carboxylic acids is 2. The number of nitrogens with zero attached hydrogens (tertiary/aromatic N) is 3. The molecule has 4 aliphatic rings. The molecule has 238 valence electrons. The quantitative estimate of drug-likeness (QED) is 0.427. The van der Waals surface area contributed by atoms with Gasteiger partial charge in [-0.2, -0.15) is 13.2 Å². The highest BCUT2D eigenvalue weighted by Gasteiger charge is 2.48. The summed E-state index contributed by atoms with van der Waals surface area (Å²) in [5.74, 6) is 0.658. The van der Waals surface area contributed by atoms with Crippen LogP contribution in [0.25, 0.3) is 0 Å². The third-order valence-electron chi connectivity index (χ3n) is 9.92. The van der Waals surface area contributed by atoms with Crippen LogP contribution in [0.2, 0.25) is 0 Å². The molecule has 3 heterocycles. The standard InChI is InChI=1S/C31H43F3N4O4S/c1-21-18-24(20-37-14-3-4-27(37)39)19-22(2)26(21)10-17-43(41,42)38-15-12-30(13-16-38)29(40)35-28(36-30)25-7-5-23(6-8-25)9-11-31(32,33)34/h18-19,23,25H,3-17,20H2,1-2H3,(H,35,36,40). The van der Waals surface area contributed by atoms with E-state index in [2.05, 4.69) is 17.4 Å². The van der Waals surface area contributed by atoms with Gasteiger partial charge in [-0.1, -0.05) is 12.1 Å². The molecule has 3 fully saturated rings. The normalized spacial score (nSPS) is 25.0. The molecule has 0 unspecified atom stereocenters. The topological polar surface area (TPSA) is 99.2 Å². The van der Waals surface area contributed by atoms with E-state index in [0.717, 1.165) is 35.2 Å². The first-order chi connectivity index (χ1) is 20.2. The molecule has 1 aromatic carbocycles. The van der Waals surface area contributed by atoms with Gasteiger partial charge in [0.1, 0.15) is 11.4 Å². The number of aliphatic imine (C=N–C) groups is 1. The molecule has 1 spiro atoms. The summed E-state index contributed by atoms with van der Waals surface area (Å²) in [6.07, 6.45) is 0.543. The summed E-state index contributed by atoms with van der Waals surface area (Å²) in [6, 6.07) is 4.10. The number of carbonyl (C=O) groups is 2. The summed E-state index contributed by atoms with van der Waals surface area (Å²) in [6.45, 7) is 5.76. The average Bonchev–Trinajstić information content (AvgIpc) is 3.49. The van der Waals surface area contributed by atoms with Crippen LogP contribution in [0.1, 0.15) is 86.5 Å². The van der Waals surface area contributed by atoms with Crippen LogP contribution < -0.4 is 5.32 Å². The van der Waals surface area contributed by atoms with Crippen LogP contribution in [-0.4, -0.2) is 72.4 Å². The largest absolute Gasteiger partial charge is 0.389 e. The molecule has 43 heavy (non-hydrogen) atoms. The SMILES string of the molecule is Cc1cc(CN2CCCC2=O)cc(C)c1CCS(=O)(=O)N1CCC2(CC1)N=C(C1CCC(CCC(F)(F)F)CC1)NC2=O. The second kappa shape index (κ2) is 12.5. The highest BCUT2D eigenvalue weighted by Crippen LogP contribution is 2.38. The van der Waals surface area contributed by atoms with Gasteiger partial charge in [0.25, 0.3) is 5.91 Å². The van der Waals surface area contributed by atoms with E-state index in [1.807, 2.05) is 18.7 Å². The number of hydrogen-bond acceptors (Lipinski definition) is 5. The lowest BCUT2D eigenvalue weighted by Gasteiger charge is -2.35. The van der Waals surface area contributed by atoms with Gasteiger partial charge in [-0.05, 0) is 99.8 Å². The van der Waals surface area contributed by atoms with Crippen LogP contribution in [-0.2, 0) is 32.6 Å². The Morgan fingerprint density at radius 1 is 1.02 bits per heavy atom. The third-order valence-corrected chi connectivity index (χ3v) is 11.8. The predicted octanol–water partition coefficient (Wildman–Crippen LogP) is 4.81. The number of benzene rings is 1. The van der Waals surface area contributed by atoms with Crippen LogP contribution in [0, 0.1) is 25.7 Å². The zero-order valence-electron chi connectivity index (χ0n) is 25.1. The Morgan fingerprint density at radius 2 is 1.67 bits per heavy atom. The number of alkyl halides is 3. The van der Waals surface area contributed by atoms with Crippen molar-refractivity contribution in [1.29, 1.82) is 0 Å². The van der Waals surface area contributed by atoms with Crippen LogP contribution in [0.4, 0.5) is 13.2 Å². The van der Waals surface area contributed by atoms with Gasteiger partial charge in [-0.15, -0.1) is 0 Å². The number of rotatable bonds is 9. The van der Waals surface area contributed by atoms with Crippen LogP contribution in [0.3, 0.4) is 0 Å².